The van der Waals surface area contributed by atoms with Crippen LogP contribution in [0.15, 0.2) is 40.8 Å². The van der Waals surface area contributed by atoms with Gasteiger partial charge in [-0.25, -0.2) is 8.42 Å². The van der Waals surface area contributed by atoms with Crippen molar-refractivity contribution in [1.29, 1.82) is 0 Å². The Kier molecular flexibility index (Phi) is 5.61. The van der Waals surface area contributed by atoms with Crippen molar-refractivity contribution in [3.63, 3.8) is 0 Å². The summed E-state index contributed by atoms with van der Waals surface area (Å²) in [6.07, 6.45) is 2.17. The molecule has 0 amide bonds. The van der Waals surface area contributed by atoms with Gasteiger partial charge in [0.15, 0.2) is 0 Å². The van der Waals surface area contributed by atoms with Gasteiger partial charge in [-0.05, 0) is 38.1 Å². The summed E-state index contributed by atoms with van der Waals surface area (Å²) in [4.78, 5) is 2.60. The number of benzene rings is 1. The molecule has 5 nitrogen and oxygen atoms in total. The highest BCUT2D eigenvalue weighted by Crippen LogP contribution is 2.20. The summed E-state index contributed by atoms with van der Waals surface area (Å²) < 4.78 is 31.9. The summed E-state index contributed by atoms with van der Waals surface area (Å²) in [5.74, 6) is 0.658. The van der Waals surface area contributed by atoms with Crippen LogP contribution >= 0.6 is 0 Å². The first kappa shape index (κ1) is 17.0. The van der Waals surface area contributed by atoms with E-state index in [1.807, 2.05) is 0 Å². The molecule has 1 saturated heterocycles. The van der Waals surface area contributed by atoms with E-state index in [9.17, 15) is 8.42 Å². The van der Waals surface area contributed by atoms with Crippen LogP contribution in [0.25, 0.3) is 0 Å². The molecule has 1 aliphatic heterocycles. The van der Waals surface area contributed by atoms with Gasteiger partial charge in [0.2, 0.25) is 10.0 Å². The highest BCUT2D eigenvalue weighted by atomic mass is 32.2. The lowest BCUT2D eigenvalue weighted by molar-refractivity contribution is 0.204. The minimum absolute atomic E-state index is 0.325. The number of ether oxygens (including phenoxy) is 1. The number of hydrogen-bond acceptors (Lipinski definition) is 4. The lowest BCUT2D eigenvalue weighted by Gasteiger charge is -2.33. The topological polar surface area (TPSA) is 49.9 Å². The third kappa shape index (κ3) is 4.09. The molecule has 2 rings (SSSR count). The molecule has 0 atom stereocenters. The van der Waals surface area contributed by atoms with E-state index in [2.05, 4.69) is 24.8 Å². The van der Waals surface area contributed by atoms with Gasteiger partial charge in [0.05, 0.1) is 12.0 Å². The first-order chi connectivity index (χ1) is 10.4. The fourth-order valence-corrected chi connectivity index (χ4v) is 3.78. The van der Waals surface area contributed by atoms with E-state index in [1.54, 1.807) is 35.7 Å². The zero-order valence-electron chi connectivity index (χ0n) is 13.4. The molecule has 1 aromatic carbocycles. The maximum atomic E-state index is 12.6. The number of nitrogens with zero attached hydrogens (tertiary/aromatic N) is 2. The van der Waals surface area contributed by atoms with Crippen molar-refractivity contribution >= 4 is 10.0 Å². The van der Waals surface area contributed by atoms with Gasteiger partial charge < -0.3 is 4.74 Å². The molecule has 1 fully saturated rings. The Bertz CT molecular complexity index is 611. The zero-order valence-corrected chi connectivity index (χ0v) is 14.3. The molecule has 0 bridgehead atoms. The fourth-order valence-electron chi connectivity index (χ4n) is 2.36. The van der Waals surface area contributed by atoms with Crippen LogP contribution in [0.1, 0.15) is 13.8 Å². The highest BCUT2D eigenvalue weighted by Gasteiger charge is 2.28. The van der Waals surface area contributed by atoms with Gasteiger partial charge in [0.25, 0.3) is 0 Å². The molecule has 1 aliphatic rings. The van der Waals surface area contributed by atoms with Gasteiger partial charge in [-0.2, -0.15) is 4.31 Å². The van der Waals surface area contributed by atoms with Crippen LogP contribution in [-0.4, -0.2) is 57.5 Å². The van der Waals surface area contributed by atoms with Crippen molar-refractivity contribution < 1.29 is 13.2 Å². The van der Waals surface area contributed by atoms with E-state index in [0.29, 0.717) is 23.7 Å². The molecule has 0 radical (unpaired) electrons. The van der Waals surface area contributed by atoms with E-state index in [0.717, 1.165) is 19.6 Å². The third-order valence-corrected chi connectivity index (χ3v) is 5.70. The standard InChI is InChI=1S/C16H24N2O3S/c1-14(2)8-9-17-10-12-18(13-11-17)22(19,20)16-6-4-15(21-3)5-7-16/h4-8H,9-13H2,1-3H3. The molecule has 0 saturated carbocycles. The Labute approximate surface area is 133 Å². The van der Waals surface area contributed by atoms with E-state index in [1.165, 1.54) is 5.57 Å². The second-order valence-corrected chi connectivity index (χ2v) is 7.60. The van der Waals surface area contributed by atoms with Crippen molar-refractivity contribution in [3.05, 3.63) is 35.9 Å². The molecule has 6 heteroatoms. The van der Waals surface area contributed by atoms with Crippen molar-refractivity contribution in [2.75, 3.05) is 39.8 Å². The van der Waals surface area contributed by atoms with Gasteiger partial charge in [0, 0.05) is 32.7 Å². The second-order valence-electron chi connectivity index (χ2n) is 5.66. The number of allylic oxidation sites excluding steroid dienone is 1. The van der Waals surface area contributed by atoms with Gasteiger partial charge >= 0.3 is 0 Å². The Morgan fingerprint density at radius 3 is 2.23 bits per heavy atom. The summed E-state index contributed by atoms with van der Waals surface area (Å²) in [6, 6.07) is 6.56. The first-order valence-corrected chi connectivity index (χ1v) is 8.87. The monoisotopic (exact) mass is 324 g/mol. The van der Waals surface area contributed by atoms with Crippen LogP contribution < -0.4 is 4.74 Å². The molecular formula is C16H24N2O3S. The molecule has 1 heterocycles. The van der Waals surface area contributed by atoms with E-state index in [-0.39, 0.29) is 0 Å². The zero-order chi connectivity index (χ0) is 16.2. The number of sulfonamides is 1. The molecule has 1 aromatic rings. The van der Waals surface area contributed by atoms with Gasteiger partial charge in [0.1, 0.15) is 5.75 Å². The number of methoxy groups -OCH3 is 1. The van der Waals surface area contributed by atoms with Crippen molar-refractivity contribution in [2.45, 2.75) is 18.7 Å². The second kappa shape index (κ2) is 7.26. The summed E-state index contributed by atoms with van der Waals surface area (Å²) in [5.41, 5.74) is 1.29. The lowest BCUT2D eigenvalue weighted by atomic mass is 10.3. The van der Waals surface area contributed by atoms with Crippen molar-refractivity contribution in [2.24, 2.45) is 0 Å². The van der Waals surface area contributed by atoms with Gasteiger partial charge in [-0.1, -0.05) is 11.6 Å². The minimum Gasteiger partial charge on any atom is -0.497 e. The SMILES string of the molecule is COc1ccc(S(=O)(=O)N2CCN(CC=C(C)C)CC2)cc1. The summed E-state index contributed by atoms with van der Waals surface area (Å²) >= 11 is 0. The fraction of sp³-hybridized carbons (Fsp3) is 0.500. The molecule has 122 valence electrons. The molecule has 0 unspecified atom stereocenters. The predicted molar refractivity (Wildman–Crippen MR) is 87.6 cm³/mol. The van der Waals surface area contributed by atoms with Gasteiger partial charge in [-0.3, -0.25) is 4.90 Å². The summed E-state index contributed by atoms with van der Waals surface area (Å²) in [7, 11) is -1.84. The third-order valence-electron chi connectivity index (χ3n) is 3.79. The highest BCUT2D eigenvalue weighted by molar-refractivity contribution is 7.89. The maximum Gasteiger partial charge on any atom is 0.243 e. The molecule has 0 aromatic heterocycles. The van der Waals surface area contributed by atoms with E-state index < -0.39 is 10.0 Å². The molecule has 0 aliphatic carbocycles. The van der Waals surface area contributed by atoms with Crippen molar-refractivity contribution in [3.8, 4) is 5.75 Å². The largest absolute Gasteiger partial charge is 0.497 e. The van der Waals surface area contributed by atoms with E-state index in [4.69, 9.17) is 4.74 Å². The quantitative estimate of drug-likeness (QED) is 0.777. The average Bonchev–Trinajstić information content (AvgIpc) is 2.53. The predicted octanol–water partition coefficient (Wildman–Crippen LogP) is 1.97. The molecule has 22 heavy (non-hydrogen) atoms. The lowest BCUT2D eigenvalue weighted by Crippen LogP contribution is -2.48. The Morgan fingerprint density at radius 2 is 1.73 bits per heavy atom. The van der Waals surface area contributed by atoms with Gasteiger partial charge in [-0.15, -0.1) is 0 Å². The Hall–Kier alpha value is -1.37. The van der Waals surface area contributed by atoms with E-state index >= 15 is 0 Å². The molecule has 0 spiro atoms. The summed E-state index contributed by atoms with van der Waals surface area (Å²) in [5, 5.41) is 0. The summed E-state index contributed by atoms with van der Waals surface area (Å²) in [6.45, 7) is 7.63. The van der Waals surface area contributed by atoms with Crippen LogP contribution in [0.5, 0.6) is 5.75 Å². The normalized spacial score (nSPS) is 17.2. The average molecular weight is 324 g/mol. The number of rotatable bonds is 5. The number of piperazine rings is 1. The van der Waals surface area contributed by atoms with Crippen LogP contribution in [0.4, 0.5) is 0 Å². The van der Waals surface area contributed by atoms with Crippen LogP contribution in [0, 0.1) is 0 Å². The Balaban J connectivity index is 2.01. The maximum absolute atomic E-state index is 12.6. The van der Waals surface area contributed by atoms with Crippen molar-refractivity contribution in [1.82, 2.24) is 9.21 Å². The first-order valence-electron chi connectivity index (χ1n) is 7.43. The van der Waals surface area contributed by atoms with Crippen LogP contribution in [0.3, 0.4) is 0 Å². The molecule has 0 N–H and O–H groups in total. The minimum atomic E-state index is -3.41. The van der Waals surface area contributed by atoms with Crippen LogP contribution in [-0.2, 0) is 10.0 Å². The smallest absolute Gasteiger partial charge is 0.243 e. The molecular weight excluding hydrogens is 300 g/mol. The Morgan fingerprint density at radius 1 is 1.14 bits per heavy atom. The number of hydrogen-bond donors (Lipinski definition) is 0. The van der Waals surface area contributed by atoms with Crippen LogP contribution in [0.2, 0.25) is 0 Å².